The fraction of sp³-hybridized carbons (Fsp3) is 0.955. The molecule has 0 N–H and O–H groups in total. The van der Waals surface area contributed by atoms with Crippen molar-refractivity contribution in [2.75, 3.05) is 13.7 Å². The van der Waals surface area contributed by atoms with Crippen LogP contribution in [0.5, 0.6) is 0 Å². The first-order valence-electron chi connectivity index (χ1n) is 11.1. The lowest BCUT2D eigenvalue weighted by atomic mass is 9.66. The van der Waals surface area contributed by atoms with Gasteiger partial charge in [0.1, 0.15) is 5.60 Å². The second-order valence-corrected chi connectivity index (χ2v) is 9.06. The van der Waals surface area contributed by atoms with Crippen LogP contribution in [0.15, 0.2) is 0 Å². The lowest BCUT2D eigenvalue weighted by Gasteiger charge is -2.37. The summed E-state index contributed by atoms with van der Waals surface area (Å²) >= 11 is 0. The van der Waals surface area contributed by atoms with Gasteiger partial charge in [-0.05, 0) is 44.9 Å². The summed E-state index contributed by atoms with van der Waals surface area (Å²) in [7, 11) is 1.72. The number of ether oxygens (including phenoxy) is 4. The number of hydrogen-bond acceptors (Lipinski definition) is 5. The van der Waals surface area contributed by atoms with Crippen LogP contribution in [0.2, 0.25) is 0 Å². The molecule has 8 atom stereocenters. The van der Waals surface area contributed by atoms with Gasteiger partial charge < -0.3 is 18.9 Å². The van der Waals surface area contributed by atoms with Gasteiger partial charge in [-0.15, -0.1) is 0 Å². The van der Waals surface area contributed by atoms with Crippen molar-refractivity contribution >= 4 is 5.97 Å². The molecule has 4 rings (SSSR count). The molecular formula is C22H36O5. The molecule has 3 aliphatic heterocycles. The molecule has 1 aliphatic carbocycles. The molecule has 0 aromatic rings. The van der Waals surface area contributed by atoms with Crippen molar-refractivity contribution in [1.29, 1.82) is 0 Å². The second-order valence-electron chi connectivity index (χ2n) is 9.06. The van der Waals surface area contributed by atoms with Gasteiger partial charge in [-0.1, -0.05) is 20.8 Å². The van der Waals surface area contributed by atoms with Crippen LogP contribution in [-0.2, 0) is 23.7 Å². The zero-order chi connectivity index (χ0) is 19.2. The standard InChI is InChI=1S/C22H36O5/c1-5-14-17-18(15(6-2)25-14)20-16(13(12-24-4)19(17)26-20)21(23)27-22(7-3)10-8-9-11-22/h13-20H,5-12H2,1-4H3. The number of esters is 1. The molecule has 1 saturated carbocycles. The van der Waals surface area contributed by atoms with Gasteiger partial charge in [0.05, 0.1) is 36.9 Å². The summed E-state index contributed by atoms with van der Waals surface area (Å²) in [6, 6.07) is 0. The highest BCUT2D eigenvalue weighted by molar-refractivity contribution is 5.75. The van der Waals surface area contributed by atoms with E-state index in [2.05, 4.69) is 20.8 Å². The van der Waals surface area contributed by atoms with Crippen LogP contribution in [0.25, 0.3) is 0 Å². The Morgan fingerprint density at radius 2 is 1.63 bits per heavy atom. The Morgan fingerprint density at radius 1 is 1.00 bits per heavy atom. The van der Waals surface area contributed by atoms with Crippen molar-refractivity contribution in [3.8, 4) is 0 Å². The molecular weight excluding hydrogens is 344 g/mol. The number of carbonyl (C=O) groups is 1. The molecule has 3 heterocycles. The van der Waals surface area contributed by atoms with Crippen LogP contribution in [0, 0.1) is 23.7 Å². The Hall–Kier alpha value is -0.650. The number of rotatable bonds is 7. The number of methoxy groups -OCH3 is 1. The first kappa shape index (κ1) is 19.7. The lowest BCUT2D eigenvalue weighted by molar-refractivity contribution is -0.170. The van der Waals surface area contributed by atoms with Crippen LogP contribution in [-0.4, -0.2) is 49.7 Å². The first-order valence-corrected chi connectivity index (χ1v) is 11.1. The summed E-state index contributed by atoms with van der Waals surface area (Å²) in [6.07, 6.45) is 7.59. The van der Waals surface area contributed by atoms with E-state index in [1.165, 1.54) is 0 Å². The molecule has 154 valence electrons. The predicted octanol–water partition coefficient (Wildman–Crippen LogP) is 3.73. The molecule has 3 saturated heterocycles. The summed E-state index contributed by atoms with van der Waals surface area (Å²) in [5, 5.41) is 0. The minimum Gasteiger partial charge on any atom is -0.459 e. The molecule has 0 aromatic carbocycles. The molecule has 0 radical (unpaired) electrons. The van der Waals surface area contributed by atoms with Gasteiger partial charge in [0, 0.05) is 24.9 Å². The normalized spacial score (nSPS) is 44.6. The van der Waals surface area contributed by atoms with Crippen molar-refractivity contribution in [1.82, 2.24) is 0 Å². The summed E-state index contributed by atoms with van der Waals surface area (Å²) in [4.78, 5) is 13.4. The fourth-order valence-electron chi connectivity index (χ4n) is 6.55. The van der Waals surface area contributed by atoms with E-state index in [4.69, 9.17) is 18.9 Å². The second kappa shape index (κ2) is 7.64. The molecule has 4 aliphatic rings. The molecule has 2 bridgehead atoms. The van der Waals surface area contributed by atoms with Crippen LogP contribution < -0.4 is 0 Å². The van der Waals surface area contributed by atoms with E-state index < -0.39 is 0 Å². The van der Waals surface area contributed by atoms with Gasteiger partial charge in [-0.2, -0.15) is 0 Å². The van der Waals surface area contributed by atoms with E-state index in [-0.39, 0.29) is 47.8 Å². The quantitative estimate of drug-likeness (QED) is 0.630. The van der Waals surface area contributed by atoms with Gasteiger partial charge in [0.15, 0.2) is 0 Å². The van der Waals surface area contributed by atoms with Gasteiger partial charge in [-0.25, -0.2) is 0 Å². The molecule has 5 heteroatoms. The maximum atomic E-state index is 13.4. The molecule has 0 aromatic heterocycles. The Kier molecular flexibility index (Phi) is 5.56. The summed E-state index contributed by atoms with van der Waals surface area (Å²) in [6.45, 7) is 7.06. The summed E-state index contributed by atoms with van der Waals surface area (Å²) in [5.41, 5.74) is -0.252. The van der Waals surface area contributed by atoms with E-state index in [9.17, 15) is 4.79 Å². The van der Waals surface area contributed by atoms with E-state index in [1.54, 1.807) is 7.11 Å². The smallest absolute Gasteiger partial charge is 0.312 e. The van der Waals surface area contributed by atoms with Gasteiger partial charge in [0.25, 0.3) is 0 Å². The zero-order valence-electron chi connectivity index (χ0n) is 17.3. The Bertz CT molecular complexity index is 543. The molecule has 27 heavy (non-hydrogen) atoms. The average Bonchev–Trinajstić information content (AvgIpc) is 3.42. The van der Waals surface area contributed by atoms with E-state index in [1.807, 2.05) is 0 Å². The third kappa shape index (κ3) is 3.05. The first-order chi connectivity index (χ1) is 13.1. The van der Waals surface area contributed by atoms with Gasteiger partial charge >= 0.3 is 5.97 Å². The largest absolute Gasteiger partial charge is 0.459 e. The topological polar surface area (TPSA) is 54.0 Å². The molecule has 0 amide bonds. The van der Waals surface area contributed by atoms with Crippen molar-refractivity contribution in [2.24, 2.45) is 23.7 Å². The molecule has 5 nitrogen and oxygen atoms in total. The predicted molar refractivity (Wildman–Crippen MR) is 101 cm³/mol. The highest BCUT2D eigenvalue weighted by atomic mass is 16.6. The summed E-state index contributed by atoms with van der Waals surface area (Å²) in [5.74, 6) is 0.518. The molecule has 0 spiro atoms. The Balaban J connectivity index is 1.58. The average molecular weight is 381 g/mol. The summed E-state index contributed by atoms with van der Waals surface area (Å²) < 4.78 is 24.6. The molecule has 4 fully saturated rings. The van der Waals surface area contributed by atoms with Gasteiger partial charge in [-0.3, -0.25) is 4.79 Å². The monoisotopic (exact) mass is 380 g/mol. The van der Waals surface area contributed by atoms with E-state index in [0.717, 1.165) is 44.9 Å². The molecule has 8 unspecified atom stereocenters. The van der Waals surface area contributed by atoms with Crippen molar-refractivity contribution in [3.05, 3.63) is 0 Å². The third-order valence-corrected chi connectivity index (χ3v) is 7.88. The van der Waals surface area contributed by atoms with Crippen LogP contribution >= 0.6 is 0 Å². The number of hydrogen-bond donors (Lipinski definition) is 0. The highest BCUT2D eigenvalue weighted by Crippen LogP contribution is 2.58. The van der Waals surface area contributed by atoms with Gasteiger partial charge in [0.2, 0.25) is 0 Å². The number of fused-ring (bicyclic) bond motifs is 5. The Morgan fingerprint density at radius 3 is 2.19 bits per heavy atom. The van der Waals surface area contributed by atoms with Crippen molar-refractivity contribution in [3.63, 3.8) is 0 Å². The maximum absolute atomic E-state index is 13.4. The minimum atomic E-state index is -0.252. The lowest BCUT2D eigenvalue weighted by Crippen LogP contribution is -2.49. The third-order valence-electron chi connectivity index (χ3n) is 7.88. The van der Waals surface area contributed by atoms with Crippen LogP contribution in [0.1, 0.15) is 65.7 Å². The van der Waals surface area contributed by atoms with Crippen LogP contribution in [0.3, 0.4) is 0 Å². The van der Waals surface area contributed by atoms with E-state index in [0.29, 0.717) is 18.4 Å². The zero-order valence-corrected chi connectivity index (χ0v) is 17.3. The fourth-order valence-corrected chi connectivity index (χ4v) is 6.55. The Labute approximate surface area is 163 Å². The maximum Gasteiger partial charge on any atom is 0.312 e. The number of carbonyl (C=O) groups excluding carboxylic acids is 1. The SMILES string of the molecule is CCC1OC(CC)C2C3OC(C(COC)C3C(=O)OC3(CC)CCCC3)C12. The van der Waals surface area contributed by atoms with Crippen LogP contribution in [0.4, 0.5) is 0 Å². The van der Waals surface area contributed by atoms with Crippen molar-refractivity contribution in [2.45, 2.75) is 95.7 Å². The minimum absolute atomic E-state index is 0.0541. The van der Waals surface area contributed by atoms with Crippen molar-refractivity contribution < 1.29 is 23.7 Å². The van der Waals surface area contributed by atoms with E-state index >= 15 is 0 Å². The highest BCUT2D eigenvalue weighted by Gasteiger charge is 2.68.